The van der Waals surface area contributed by atoms with Gasteiger partial charge in [0.05, 0.1) is 51.5 Å². The molecule has 204 valence electrons. The van der Waals surface area contributed by atoms with E-state index in [0.717, 1.165) is 23.2 Å². The Labute approximate surface area is 233 Å². The van der Waals surface area contributed by atoms with E-state index in [4.69, 9.17) is 25.8 Å². The van der Waals surface area contributed by atoms with E-state index in [2.05, 4.69) is 11.0 Å². The molecule has 4 aliphatic heterocycles. The molecule has 5 aliphatic rings. The van der Waals surface area contributed by atoms with Gasteiger partial charge in [0.15, 0.2) is 11.5 Å². The Morgan fingerprint density at radius 3 is 2.67 bits per heavy atom. The number of ether oxygens (including phenoxy) is 3. The predicted octanol–water partition coefficient (Wildman–Crippen LogP) is 4.10. The fourth-order valence-electron chi connectivity index (χ4n) is 8.49. The van der Waals surface area contributed by atoms with E-state index in [1.54, 1.807) is 14.2 Å². The SMILES string of the molecule is COc1cc2c(cc1OC)[C@]1(CCCl)[C@@H]3C[C@H]4C(=CCO[C@@H]5CC(=O)N2[C@H]1[C@@H]54)CN3C(=O)Cc1ccccc1. The highest BCUT2D eigenvalue weighted by Crippen LogP contribution is 2.64. The number of hydrogen-bond acceptors (Lipinski definition) is 5. The Balaban J connectivity index is 1.44. The number of rotatable bonds is 6. The summed E-state index contributed by atoms with van der Waals surface area (Å²) in [5, 5.41) is 0. The Morgan fingerprint density at radius 2 is 1.92 bits per heavy atom. The Hall–Kier alpha value is -3.03. The van der Waals surface area contributed by atoms with Crippen molar-refractivity contribution in [2.24, 2.45) is 11.8 Å². The third-order valence-electron chi connectivity index (χ3n) is 9.93. The van der Waals surface area contributed by atoms with Crippen molar-refractivity contribution in [3.05, 3.63) is 65.2 Å². The standard InChI is InChI=1S/C31H33ClN2O5/c1-37-23-14-21-22(15-24(23)38-2)34-28(36)16-25-29-20-13-26(31(21,9-10-32)30(29)34)33(17-19(20)8-11-39-25)27(35)12-18-6-4-3-5-7-18/h3-8,14-15,20,25-26,29-30H,9-13,16-17H2,1-2H3/t20-,25+,26-,29+,30-,31+/m0/s1. The quantitative estimate of drug-likeness (QED) is 0.401. The molecule has 1 aliphatic carbocycles. The van der Waals surface area contributed by atoms with Crippen LogP contribution in [-0.4, -0.2) is 68.2 Å². The lowest BCUT2D eigenvalue weighted by Crippen LogP contribution is -2.72. The van der Waals surface area contributed by atoms with Gasteiger partial charge in [0, 0.05) is 35.9 Å². The minimum absolute atomic E-state index is 0.0525. The Bertz CT molecular complexity index is 1360. The highest BCUT2D eigenvalue weighted by molar-refractivity contribution is 6.18. The molecule has 0 N–H and O–H groups in total. The lowest BCUT2D eigenvalue weighted by molar-refractivity contribution is -0.145. The van der Waals surface area contributed by atoms with E-state index in [1.807, 2.05) is 47.4 Å². The van der Waals surface area contributed by atoms with Gasteiger partial charge in [-0.05, 0) is 41.5 Å². The summed E-state index contributed by atoms with van der Waals surface area (Å²) in [6.07, 6.45) is 4.17. The van der Waals surface area contributed by atoms with Crippen LogP contribution in [0.3, 0.4) is 0 Å². The summed E-state index contributed by atoms with van der Waals surface area (Å²) < 4.78 is 17.8. The number of anilines is 1. The van der Waals surface area contributed by atoms with Gasteiger partial charge in [-0.15, -0.1) is 11.6 Å². The third-order valence-corrected chi connectivity index (χ3v) is 10.1. The number of alkyl halides is 1. The van der Waals surface area contributed by atoms with Crippen LogP contribution in [0.25, 0.3) is 0 Å². The van der Waals surface area contributed by atoms with Gasteiger partial charge < -0.3 is 24.0 Å². The summed E-state index contributed by atoms with van der Waals surface area (Å²) in [7, 11) is 3.24. The average molecular weight is 549 g/mol. The molecule has 0 aromatic heterocycles. The summed E-state index contributed by atoms with van der Waals surface area (Å²) >= 11 is 6.63. The van der Waals surface area contributed by atoms with E-state index >= 15 is 0 Å². The molecule has 0 radical (unpaired) electrons. The molecule has 8 heteroatoms. The maximum atomic E-state index is 14.1. The highest BCUT2D eigenvalue weighted by Gasteiger charge is 2.69. The van der Waals surface area contributed by atoms with Gasteiger partial charge in [-0.1, -0.05) is 36.4 Å². The molecule has 39 heavy (non-hydrogen) atoms. The van der Waals surface area contributed by atoms with Gasteiger partial charge in [0.1, 0.15) is 0 Å². The molecule has 7 rings (SSSR count). The normalized spacial score (nSPS) is 31.8. The zero-order valence-corrected chi connectivity index (χ0v) is 23.0. The number of hydrogen-bond donors (Lipinski definition) is 0. The number of fused-ring (bicyclic) bond motifs is 5. The maximum Gasteiger partial charge on any atom is 0.229 e. The molecule has 2 bridgehead atoms. The molecule has 0 spiro atoms. The van der Waals surface area contributed by atoms with Crippen LogP contribution in [0.2, 0.25) is 0 Å². The van der Waals surface area contributed by atoms with Crippen molar-refractivity contribution in [1.29, 1.82) is 0 Å². The lowest BCUT2D eigenvalue weighted by atomic mass is 9.51. The van der Waals surface area contributed by atoms with E-state index in [-0.39, 0.29) is 41.8 Å². The van der Waals surface area contributed by atoms with Gasteiger partial charge in [-0.3, -0.25) is 9.59 Å². The number of carbonyl (C=O) groups is 2. The number of likely N-dealkylation sites (tertiary alicyclic amines) is 1. The summed E-state index contributed by atoms with van der Waals surface area (Å²) in [6, 6.07) is 13.6. The zero-order valence-electron chi connectivity index (χ0n) is 22.3. The summed E-state index contributed by atoms with van der Waals surface area (Å²) in [6.45, 7) is 1.05. The molecule has 1 saturated carbocycles. The van der Waals surface area contributed by atoms with Crippen molar-refractivity contribution >= 4 is 29.1 Å². The van der Waals surface area contributed by atoms with Crippen LogP contribution in [0.15, 0.2) is 54.1 Å². The van der Waals surface area contributed by atoms with Gasteiger partial charge in [0.25, 0.3) is 0 Å². The number of nitrogens with zero attached hydrogens (tertiary/aromatic N) is 2. The number of amides is 2. The second kappa shape index (κ2) is 9.27. The summed E-state index contributed by atoms with van der Waals surface area (Å²) in [5.74, 6) is 2.15. The highest BCUT2D eigenvalue weighted by atomic mass is 35.5. The van der Waals surface area contributed by atoms with Crippen LogP contribution in [0.1, 0.15) is 30.4 Å². The van der Waals surface area contributed by atoms with E-state index in [1.165, 1.54) is 5.57 Å². The molecule has 2 aromatic carbocycles. The van der Waals surface area contributed by atoms with Crippen LogP contribution in [0, 0.1) is 11.8 Å². The van der Waals surface area contributed by atoms with Gasteiger partial charge in [-0.25, -0.2) is 0 Å². The van der Waals surface area contributed by atoms with Gasteiger partial charge in [-0.2, -0.15) is 0 Å². The summed E-state index contributed by atoms with van der Waals surface area (Å²) in [4.78, 5) is 32.1. The van der Waals surface area contributed by atoms with Crippen molar-refractivity contribution in [2.45, 2.75) is 49.3 Å². The van der Waals surface area contributed by atoms with E-state index in [9.17, 15) is 9.59 Å². The number of methoxy groups -OCH3 is 2. The van der Waals surface area contributed by atoms with Crippen LogP contribution >= 0.6 is 11.6 Å². The number of carbonyl (C=O) groups excluding carboxylic acids is 2. The van der Waals surface area contributed by atoms with Gasteiger partial charge in [0.2, 0.25) is 11.8 Å². The van der Waals surface area contributed by atoms with E-state index < -0.39 is 5.41 Å². The zero-order chi connectivity index (χ0) is 26.9. The molecule has 6 atom stereocenters. The summed E-state index contributed by atoms with van der Waals surface area (Å²) in [5.41, 5.74) is 3.59. The first-order valence-corrected chi connectivity index (χ1v) is 14.3. The minimum atomic E-state index is -0.544. The van der Waals surface area contributed by atoms with Crippen LogP contribution in [0.5, 0.6) is 11.5 Å². The van der Waals surface area contributed by atoms with Crippen LogP contribution < -0.4 is 14.4 Å². The van der Waals surface area contributed by atoms with Crippen molar-refractivity contribution < 1.29 is 23.8 Å². The molecule has 2 amide bonds. The molecule has 7 nitrogen and oxygen atoms in total. The topological polar surface area (TPSA) is 68.3 Å². The number of benzene rings is 2. The van der Waals surface area contributed by atoms with Crippen molar-refractivity contribution in [3.8, 4) is 11.5 Å². The first kappa shape index (κ1) is 25.0. The average Bonchev–Trinajstić information content (AvgIpc) is 3.10. The van der Waals surface area contributed by atoms with Crippen LogP contribution in [0.4, 0.5) is 5.69 Å². The largest absolute Gasteiger partial charge is 0.493 e. The monoisotopic (exact) mass is 548 g/mol. The Kier molecular flexibility index (Phi) is 5.94. The van der Waals surface area contributed by atoms with E-state index in [0.29, 0.717) is 49.8 Å². The van der Waals surface area contributed by atoms with Gasteiger partial charge >= 0.3 is 0 Å². The fourth-order valence-corrected chi connectivity index (χ4v) is 8.80. The third kappa shape index (κ3) is 3.45. The van der Waals surface area contributed by atoms with Crippen LogP contribution in [-0.2, 0) is 26.2 Å². The molecular weight excluding hydrogens is 516 g/mol. The van der Waals surface area contributed by atoms with Crippen molar-refractivity contribution in [1.82, 2.24) is 4.90 Å². The fraction of sp³-hybridized carbons (Fsp3) is 0.484. The molecule has 2 aromatic rings. The molecule has 0 unspecified atom stereocenters. The second-order valence-corrected chi connectivity index (χ2v) is 11.8. The number of piperidine rings is 2. The predicted molar refractivity (Wildman–Crippen MR) is 148 cm³/mol. The number of halogens is 1. The minimum Gasteiger partial charge on any atom is -0.493 e. The molecule has 4 heterocycles. The molecule has 3 fully saturated rings. The molecular formula is C31H33ClN2O5. The smallest absolute Gasteiger partial charge is 0.229 e. The van der Waals surface area contributed by atoms with Crippen molar-refractivity contribution in [2.75, 3.05) is 38.2 Å². The lowest BCUT2D eigenvalue weighted by Gasteiger charge is -2.62. The van der Waals surface area contributed by atoms with Crippen molar-refractivity contribution in [3.63, 3.8) is 0 Å². The maximum absolute atomic E-state index is 14.1. The molecule has 2 saturated heterocycles. The first-order chi connectivity index (χ1) is 19.0. The Morgan fingerprint density at radius 1 is 1.15 bits per heavy atom. The second-order valence-electron chi connectivity index (χ2n) is 11.4. The first-order valence-electron chi connectivity index (χ1n) is 13.8.